The lowest BCUT2D eigenvalue weighted by molar-refractivity contribution is 0.185. The second kappa shape index (κ2) is 4.94. The highest BCUT2D eigenvalue weighted by Crippen LogP contribution is 2.04. The van der Waals surface area contributed by atoms with E-state index in [1.54, 1.807) is 0 Å². The van der Waals surface area contributed by atoms with E-state index < -0.39 is 13.9 Å². The third kappa shape index (κ3) is 3.21. The smallest absolute Gasteiger partial charge is 0.262 e. The van der Waals surface area contributed by atoms with Crippen LogP contribution in [0, 0.1) is 0 Å². The molecule has 0 aliphatic carbocycles. The van der Waals surface area contributed by atoms with E-state index in [-0.39, 0.29) is 0 Å². The largest absolute Gasteiger partial charge is 0.334 e. The number of carbonyl (C=O) groups excluding carboxylic acids is 3. The van der Waals surface area contributed by atoms with Crippen molar-refractivity contribution in [3.05, 3.63) is 0 Å². The van der Waals surface area contributed by atoms with Crippen molar-refractivity contribution < 1.29 is 14.4 Å². The molecule has 0 aliphatic heterocycles. The summed E-state index contributed by atoms with van der Waals surface area (Å²) in [7, 11) is 2.63. The van der Waals surface area contributed by atoms with Crippen molar-refractivity contribution in [3.63, 3.8) is 0 Å². The fraction of sp³-hybridized carbons (Fsp3) is 0.400. The Morgan fingerprint density at radius 1 is 0.917 bits per heavy atom. The molecule has 68 valence electrons. The Labute approximate surface area is 96.7 Å². The van der Waals surface area contributed by atoms with Gasteiger partial charge in [-0.15, -0.1) is 0 Å². The molecule has 0 atom stereocenters. The molecule has 0 aromatic heterocycles. The molecule has 12 heavy (non-hydrogen) atoms. The summed E-state index contributed by atoms with van der Waals surface area (Å²) in [4.78, 5) is 34.2. The van der Waals surface area contributed by atoms with Gasteiger partial charge in [0.05, 0.1) is 0 Å². The first-order valence-electron chi connectivity index (χ1n) is 2.78. The van der Waals surface area contributed by atoms with Crippen LogP contribution in [0.3, 0.4) is 0 Å². The first kappa shape index (κ1) is 12.1. The summed E-state index contributed by atoms with van der Waals surface area (Å²) in [6.07, 6.45) is 0. The van der Waals surface area contributed by atoms with Crippen LogP contribution in [0.2, 0.25) is 0 Å². The van der Waals surface area contributed by atoms with Crippen molar-refractivity contribution in [2.75, 3.05) is 14.1 Å². The Bertz CT molecular complexity index is 209. The van der Waals surface area contributed by atoms with Crippen LogP contribution in [0.25, 0.3) is 0 Å². The predicted octanol–water partition coefficient (Wildman–Crippen LogP) is 2.08. The van der Waals surface area contributed by atoms with Crippen LogP contribution in [0.15, 0.2) is 0 Å². The molecule has 0 bridgehead atoms. The van der Waals surface area contributed by atoms with Crippen molar-refractivity contribution in [1.82, 2.24) is 9.80 Å². The van der Waals surface area contributed by atoms with Gasteiger partial charge in [0.25, 0.3) is 7.83 Å². The summed E-state index contributed by atoms with van der Waals surface area (Å²) in [6, 6.07) is -0.631. The van der Waals surface area contributed by atoms with Gasteiger partial charge in [-0.3, -0.25) is 19.4 Å². The van der Waals surface area contributed by atoms with Crippen molar-refractivity contribution in [2.24, 2.45) is 0 Å². The van der Waals surface area contributed by atoms with Crippen LogP contribution in [0.5, 0.6) is 0 Å². The van der Waals surface area contributed by atoms with E-state index >= 15 is 0 Å². The molecule has 0 rings (SSSR count). The Kier molecular flexibility index (Phi) is 4.97. The fourth-order valence-electron chi connectivity index (χ4n) is 0.375. The zero-order chi connectivity index (χ0) is 9.89. The number of hydrogen-bond donors (Lipinski definition) is 0. The van der Waals surface area contributed by atoms with Crippen molar-refractivity contribution in [1.29, 1.82) is 0 Å². The van der Waals surface area contributed by atoms with Crippen molar-refractivity contribution in [2.45, 2.75) is 0 Å². The lowest BCUT2D eigenvalue weighted by Gasteiger charge is -2.17. The number of amides is 4. The van der Waals surface area contributed by atoms with E-state index in [4.69, 9.17) is 0 Å². The van der Waals surface area contributed by atoms with E-state index in [0.717, 1.165) is 9.80 Å². The van der Waals surface area contributed by atoms with Crippen LogP contribution in [-0.4, -0.2) is 37.8 Å². The molecule has 0 fully saturated rings. The van der Waals surface area contributed by atoms with Crippen LogP contribution in [0.1, 0.15) is 0 Å². The minimum absolute atomic E-state index is 0.429. The molecule has 5 nitrogen and oxygen atoms in total. The average molecular weight is 396 g/mol. The SMILES string of the molecule is CN(C(=O)I)C(=O)N(C)C(=O)I. The molecule has 0 saturated carbocycles. The molecule has 4 amide bonds. The second-order valence-electron chi connectivity index (χ2n) is 1.91. The summed E-state index contributed by atoms with van der Waals surface area (Å²) in [5.41, 5.74) is 0. The van der Waals surface area contributed by atoms with E-state index in [0.29, 0.717) is 0 Å². The van der Waals surface area contributed by atoms with Crippen molar-refractivity contribution in [3.8, 4) is 0 Å². The Morgan fingerprint density at radius 2 is 1.17 bits per heavy atom. The molecule has 0 aromatic rings. The first-order valence-corrected chi connectivity index (χ1v) is 4.94. The van der Waals surface area contributed by atoms with E-state index in [1.807, 2.05) is 0 Å². The number of urea groups is 1. The Balaban J connectivity index is 4.39. The highest BCUT2D eigenvalue weighted by Gasteiger charge is 2.21. The highest BCUT2D eigenvalue weighted by atomic mass is 127. The van der Waals surface area contributed by atoms with Crippen molar-refractivity contribution >= 4 is 59.0 Å². The lowest BCUT2D eigenvalue weighted by atomic mass is 10.7. The third-order valence-corrected chi connectivity index (χ3v) is 2.55. The summed E-state index contributed by atoms with van der Waals surface area (Å²) in [5.74, 6) is 0. The maximum Gasteiger partial charge on any atom is 0.334 e. The number of nitrogens with zero attached hydrogens (tertiary/aromatic N) is 2. The molecular formula is C5H6I2N2O3. The van der Waals surface area contributed by atoms with Crippen LogP contribution >= 0.6 is 45.2 Å². The van der Waals surface area contributed by atoms with Gasteiger partial charge in [-0.2, -0.15) is 0 Å². The second-order valence-corrected chi connectivity index (χ2v) is 3.75. The standard InChI is InChI=1S/C5H6I2N2O3/c1-8(3(6)10)5(12)9(2)4(7)11/h1-2H3. The van der Waals surface area contributed by atoms with Gasteiger partial charge in [-0.25, -0.2) is 4.79 Å². The summed E-state index contributed by atoms with van der Waals surface area (Å²) in [5, 5.41) is 0. The summed E-state index contributed by atoms with van der Waals surface area (Å²) in [6.45, 7) is 0. The molecule has 0 aromatic carbocycles. The lowest BCUT2D eigenvalue weighted by Crippen LogP contribution is -2.40. The Hall–Kier alpha value is 0.0700. The van der Waals surface area contributed by atoms with Gasteiger partial charge in [0.1, 0.15) is 0 Å². The normalized spacial score (nSPS) is 9.00. The van der Waals surface area contributed by atoms with Gasteiger partial charge in [0, 0.05) is 59.3 Å². The molecular weight excluding hydrogens is 390 g/mol. The highest BCUT2D eigenvalue weighted by molar-refractivity contribution is 14.1. The predicted molar refractivity (Wildman–Crippen MR) is 59.8 cm³/mol. The van der Waals surface area contributed by atoms with Gasteiger partial charge in [-0.05, 0) is 0 Å². The summed E-state index contributed by atoms with van der Waals surface area (Å²) >= 11 is 2.93. The number of rotatable bonds is 0. The van der Waals surface area contributed by atoms with E-state index in [9.17, 15) is 14.4 Å². The summed E-state index contributed by atoms with van der Waals surface area (Å²) < 4.78 is -0.857. The average Bonchev–Trinajstić information content (AvgIpc) is 2.00. The first-order chi connectivity index (χ1) is 5.37. The van der Waals surface area contributed by atoms with Gasteiger partial charge in [-0.1, -0.05) is 0 Å². The molecule has 0 N–H and O–H groups in total. The van der Waals surface area contributed by atoms with E-state index in [1.165, 1.54) is 59.3 Å². The van der Waals surface area contributed by atoms with Gasteiger partial charge in [0.2, 0.25) is 0 Å². The fourth-order valence-corrected chi connectivity index (χ4v) is 0.788. The van der Waals surface area contributed by atoms with Gasteiger partial charge >= 0.3 is 6.03 Å². The molecule has 0 saturated heterocycles. The third-order valence-electron chi connectivity index (χ3n) is 1.10. The van der Waals surface area contributed by atoms with Crippen LogP contribution < -0.4 is 0 Å². The Morgan fingerprint density at radius 3 is 1.33 bits per heavy atom. The quantitative estimate of drug-likeness (QED) is 0.358. The maximum atomic E-state index is 11.1. The molecule has 0 aliphatic rings. The maximum absolute atomic E-state index is 11.1. The minimum Gasteiger partial charge on any atom is -0.262 e. The van der Waals surface area contributed by atoms with Gasteiger partial charge in [0.15, 0.2) is 0 Å². The topological polar surface area (TPSA) is 57.7 Å². The number of halogens is 2. The molecule has 0 heterocycles. The zero-order valence-corrected chi connectivity index (χ0v) is 10.7. The van der Waals surface area contributed by atoms with Crippen LogP contribution in [0.4, 0.5) is 14.4 Å². The number of carbonyl (C=O) groups is 3. The minimum atomic E-state index is -0.631. The monoisotopic (exact) mass is 396 g/mol. The number of imide groups is 2. The number of hydrogen-bond acceptors (Lipinski definition) is 3. The molecule has 7 heteroatoms. The molecule has 0 spiro atoms. The van der Waals surface area contributed by atoms with Gasteiger partial charge < -0.3 is 0 Å². The van der Waals surface area contributed by atoms with E-state index in [2.05, 4.69) is 0 Å². The zero-order valence-electron chi connectivity index (χ0n) is 6.38. The van der Waals surface area contributed by atoms with Crippen LogP contribution in [-0.2, 0) is 0 Å². The molecule has 0 radical (unpaired) electrons. The molecule has 0 unspecified atom stereocenters.